The molecule has 0 aliphatic rings. The Morgan fingerprint density at radius 2 is 1.78 bits per heavy atom. The number of hydrogen-bond donors (Lipinski definition) is 1. The maximum atomic E-state index is 13.7. The molecule has 0 bridgehead atoms. The number of benzene rings is 2. The number of H-pyrrole nitrogens is 1. The molecular formula is C28H33N7OS. The quantitative estimate of drug-likeness (QED) is 0.308. The van der Waals surface area contributed by atoms with E-state index in [0.29, 0.717) is 25.2 Å². The van der Waals surface area contributed by atoms with Crippen LogP contribution in [-0.4, -0.2) is 54.2 Å². The van der Waals surface area contributed by atoms with E-state index in [9.17, 15) is 4.79 Å². The molecule has 0 radical (unpaired) electrons. The lowest BCUT2D eigenvalue weighted by Crippen LogP contribution is -2.31. The molecular weight excluding hydrogens is 482 g/mol. The highest BCUT2D eigenvalue weighted by Crippen LogP contribution is 2.29. The first-order chi connectivity index (χ1) is 17.9. The van der Waals surface area contributed by atoms with E-state index in [4.69, 9.17) is 17.2 Å². The minimum Gasteiger partial charge on any atom is -0.372 e. The monoisotopic (exact) mass is 515 g/mol. The lowest BCUT2D eigenvalue weighted by atomic mass is 9.98. The van der Waals surface area contributed by atoms with Gasteiger partial charge in [0.1, 0.15) is 5.82 Å². The summed E-state index contributed by atoms with van der Waals surface area (Å²) >= 11 is 5.46. The second-order valence-electron chi connectivity index (χ2n) is 9.37. The molecule has 4 aromatic rings. The molecule has 0 unspecified atom stereocenters. The van der Waals surface area contributed by atoms with Crippen LogP contribution in [0.5, 0.6) is 0 Å². The van der Waals surface area contributed by atoms with Gasteiger partial charge >= 0.3 is 0 Å². The molecule has 0 aliphatic heterocycles. The summed E-state index contributed by atoms with van der Waals surface area (Å²) in [7, 11) is 3.87. The number of rotatable bonds is 10. The predicted molar refractivity (Wildman–Crippen MR) is 151 cm³/mol. The second kappa shape index (κ2) is 12.0. The highest BCUT2D eigenvalue weighted by Gasteiger charge is 2.16. The maximum absolute atomic E-state index is 13.7. The Labute approximate surface area is 222 Å². The summed E-state index contributed by atoms with van der Waals surface area (Å²) in [6, 6.07) is 16.3. The van der Waals surface area contributed by atoms with Gasteiger partial charge in [0.25, 0.3) is 5.56 Å². The average Bonchev–Trinajstić information content (AvgIpc) is 3.44. The zero-order chi connectivity index (χ0) is 26.4. The highest BCUT2D eigenvalue weighted by atomic mass is 32.1. The third-order valence-electron chi connectivity index (χ3n) is 6.52. The van der Waals surface area contributed by atoms with Crippen LogP contribution in [0, 0.1) is 6.92 Å². The summed E-state index contributed by atoms with van der Waals surface area (Å²) in [6.07, 6.45) is 4.06. The van der Waals surface area contributed by atoms with Crippen molar-refractivity contribution in [3.8, 4) is 22.5 Å². The summed E-state index contributed by atoms with van der Waals surface area (Å²) in [6.45, 7) is 4.56. The lowest BCUT2D eigenvalue weighted by Gasteiger charge is -2.18. The summed E-state index contributed by atoms with van der Waals surface area (Å²) < 4.78 is 1.85. The normalized spacial score (nSPS) is 11.0. The van der Waals surface area contributed by atoms with E-state index >= 15 is 0 Å². The summed E-state index contributed by atoms with van der Waals surface area (Å²) in [5.74, 6) is 1.47. The predicted octanol–water partition coefficient (Wildman–Crippen LogP) is 4.61. The van der Waals surface area contributed by atoms with E-state index in [1.807, 2.05) is 48.7 Å². The number of hydrogen-bond acceptors (Lipinski definition) is 6. The molecule has 2 aromatic carbocycles. The Balaban J connectivity index is 1.64. The molecule has 0 fully saturated rings. The number of tetrazole rings is 1. The molecule has 2 aromatic heterocycles. The van der Waals surface area contributed by atoms with Crippen molar-refractivity contribution in [3.05, 3.63) is 81.5 Å². The SMILES string of the molecule is CCCCc1nc(C)c(CCC(=S)N(C)C)c(=O)n1Cc1ccc(-c2ccccc2-c2nnn[nH]2)cc1. The van der Waals surface area contributed by atoms with Gasteiger partial charge in [-0.15, -0.1) is 5.10 Å². The zero-order valence-corrected chi connectivity index (χ0v) is 22.7. The summed E-state index contributed by atoms with van der Waals surface area (Å²) in [5.41, 5.74) is 5.65. The lowest BCUT2D eigenvalue weighted by molar-refractivity contribution is 0.607. The third-order valence-corrected chi connectivity index (χ3v) is 7.09. The first kappa shape index (κ1) is 26.3. The van der Waals surface area contributed by atoms with Gasteiger partial charge in [0.2, 0.25) is 0 Å². The first-order valence-corrected chi connectivity index (χ1v) is 13.0. The number of aromatic amines is 1. The Bertz CT molecular complexity index is 1410. The molecule has 1 N–H and O–H groups in total. The zero-order valence-electron chi connectivity index (χ0n) is 21.9. The number of aromatic nitrogens is 6. The van der Waals surface area contributed by atoms with E-state index in [2.05, 4.69) is 57.9 Å². The van der Waals surface area contributed by atoms with E-state index in [1.54, 1.807) is 0 Å². The van der Waals surface area contributed by atoms with Gasteiger partial charge in [-0.3, -0.25) is 9.36 Å². The van der Waals surface area contributed by atoms with E-state index in [1.165, 1.54) is 0 Å². The minimum atomic E-state index is 0.0346. The van der Waals surface area contributed by atoms with Gasteiger partial charge < -0.3 is 4.90 Å². The van der Waals surface area contributed by atoms with Crippen LogP contribution in [0.3, 0.4) is 0 Å². The van der Waals surface area contributed by atoms with Crippen LogP contribution in [0.1, 0.15) is 48.8 Å². The smallest absolute Gasteiger partial charge is 0.257 e. The van der Waals surface area contributed by atoms with Gasteiger partial charge in [0, 0.05) is 43.8 Å². The van der Waals surface area contributed by atoms with Gasteiger partial charge in [-0.05, 0) is 46.9 Å². The molecule has 0 saturated heterocycles. The maximum Gasteiger partial charge on any atom is 0.257 e. The van der Waals surface area contributed by atoms with Crippen molar-refractivity contribution >= 4 is 17.2 Å². The molecule has 0 atom stereocenters. The second-order valence-corrected chi connectivity index (χ2v) is 9.84. The topological polar surface area (TPSA) is 92.6 Å². The molecule has 0 amide bonds. The van der Waals surface area contributed by atoms with Gasteiger partial charge in [0.15, 0.2) is 5.82 Å². The van der Waals surface area contributed by atoms with Crippen molar-refractivity contribution in [2.75, 3.05) is 14.1 Å². The van der Waals surface area contributed by atoms with Crippen molar-refractivity contribution in [3.63, 3.8) is 0 Å². The van der Waals surface area contributed by atoms with Gasteiger partial charge in [0.05, 0.1) is 11.5 Å². The molecule has 192 valence electrons. The number of thiocarbonyl (C=S) groups is 1. The fourth-order valence-corrected chi connectivity index (χ4v) is 4.48. The van der Waals surface area contributed by atoms with Gasteiger partial charge in [-0.1, -0.05) is 74.1 Å². The number of nitrogens with zero attached hydrogens (tertiary/aromatic N) is 6. The van der Waals surface area contributed by atoms with E-state index in [-0.39, 0.29) is 5.56 Å². The minimum absolute atomic E-state index is 0.0346. The van der Waals surface area contributed by atoms with Crippen LogP contribution >= 0.6 is 12.2 Å². The van der Waals surface area contributed by atoms with Crippen molar-refractivity contribution in [1.29, 1.82) is 0 Å². The van der Waals surface area contributed by atoms with Crippen molar-refractivity contribution < 1.29 is 0 Å². The number of nitrogens with one attached hydrogen (secondary N) is 1. The fraction of sp³-hybridized carbons (Fsp3) is 0.357. The van der Waals surface area contributed by atoms with Gasteiger partial charge in [-0.2, -0.15) is 0 Å². The van der Waals surface area contributed by atoms with Crippen LogP contribution in [0.4, 0.5) is 0 Å². The fourth-order valence-electron chi connectivity index (χ4n) is 4.38. The highest BCUT2D eigenvalue weighted by molar-refractivity contribution is 7.80. The van der Waals surface area contributed by atoms with Crippen LogP contribution in [0.25, 0.3) is 22.5 Å². The average molecular weight is 516 g/mol. The van der Waals surface area contributed by atoms with E-state index < -0.39 is 0 Å². The molecule has 9 heteroatoms. The molecule has 8 nitrogen and oxygen atoms in total. The summed E-state index contributed by atoms with van der Waals surface area (Å²) in [5, 5.41) is 14.3. The molecule has 0 spiro atoms. The summed E-state index contributed by atoms with van der Waals surface area (Å²) in [4.78, 5) is 21.3. The van der Waals surface area contributed by atoms with Crippen molar-refractivity contribution in [1.82, 2.24) is 35.1 Å². The largest absolute Gasteiger partial charge is 0.372 e. The Morgan fingerprint density at radius 1 is 1.05 bits per heavy atom. The number of unbranched alkanes of at least 4 members (excludes halogenated alkanes) is 1. The standard InChI is InChI=1S/C28H33N7OS/c1-5-6-11-25-29-19(2)22(16-17-26(37)34(3)4)28(36)35(25)18-20-12-14-21(15-13-20)23-9-7-8-10-24(23)27-30-32-33-31-27/h7-10,12-15H,5-6,11,16-18H2,1-4H3,(H,30,31,32,33). The molecule has 4 rings (SSSR count). The van der Waals surface area contributed by atoms with Crippen LogP contribution in [-0.2, 0) is 19.4 Å². The van der Waals surface area contributed by atoms with E-state index in [0.717, 1.165) is 63.6 Å². The van der Waals surface area contributed by atoms with Crippen molar-refractivity contribution in [2.24, 2.45) is 0 Å². The Morgan fingerprint density at radius 3 is 2.43 bits per heavy atom. The third kappa shape index (κ3) is 6.17. The number of aryl methyl sites for hydroxylation is 2. The van der Waals surface area contributed by atoms with Crippen LogP contribution in [0.15, 0.2) is 53.3 Å². The van der Waals surface area contributed by atoms with Crippen molar-refractivity contribution in [2.45, 2.75) is 52.5 Å². The molecule has 0 aliphatic carbocycles. The molecule has 37 heavy (non-hydrogen) atoms. The molecule has 0 saturated carbocycles. The van der Waals surface area contributed by atoms with Gasteiger partial charge in [-0.25, -0.2) is 10.1 Å². The van der Waals surface area contributed by atoms with Crippen LogP contribution in [0.2, 0.25) is 0 Å². The Kier molecular flexibility index (Phi) is 8.55. The Hall–Kier alpha value is -3.72. The van der Waals surface area contributed by atoms with Crippen LogP contribution < -0.4 is 5.56 Å². The first-order valence-electron chi connectivity index (χ1n) is 12.6. The molecule has 2 heterocycles.